The second kappa shape index (κ2) is 6.49. The van der Waals surface area contributed by atoms with Gasteiger partial charge >= 0.3 is 0 Å². The van der Waals surface area contributed by atoms with Gasteiger partial charge in [-0.3, -0.25) is 14.9 Å². The second-order valence-corrected chi connectivity index (χ2v) is 4.79. The molecule has 1 rings (SSSR count). The van der Waals surface area contributed by atoms with Gasteiger partial charge in [0, 0.05) is 15.0 Å². The van der Waals surface area contributed by atoms with Gasteiger partial charge < -0.3 is 0 Å². The summed E-state index contributed by atoms with van der Waals surface area (Å²) in [6.07, 6.45) is 1.32. The third-order valence-electron chi connectivity index (χ3n) is 2.51. The van der Waals surface area contributed by atoms with E-state index in [0.717, 1.165) is 10.9 Å². The van der Waals surface area contributed by atoms with E-state index in [1.165, 1.54) is 0 Å². The van der Waals surface area contributed by atoms with Gasteiger partial charge in [-0.15, -0.1) is 0 Å². The van der Waals surface area contributed by atoms with Gasteiger partial charge in [0.05, 0.1) is 5.92 Å². The minimum atomic E-state index is -0.517. The highest BCUT2D eigenvalue weighted by Crippen LogP contribution is 2.17. The van der Waals surface area contributed by atoms with E-state index in [-0.39, 0.29) is 12.3 Å². The summed E-state index contributed by atoms with van der Waals surface area (Å²) >= 11 is 3.28. The minimum absolute atomic E-state index is 0.143. The smallest absolute Gasteiger partial charge is 0.213 e. The van der Waals surface area contributed by atoms with Gasteiger partial charge in [0.15, 0.2) is 5.78 Å². The molecule has 0 saturated heterocycles. The highest BCUT2D eigenvalue weighted by atomic mass is 79.9. The molecule has 1 aromatic carbocycles. The predicted molar refractivity (Wildman–Crippen MR) is 68.7 cm³/mol. The van der Waals surface area contributed by atoms with Crippen LogP contribution in [0.2, 0.25) is 0 Å². The van der Waals surface area contributed by atoms with Crippen LogP contribution in [0.4, 0.5) is 0 Å². The average molecular weight is 300 g/mol. The third kappa shape index (κ3) is 4.26. The van der Waals surface area contributed by atoms with Crippen molar-refractivity contribution in [3.8, 4) is 0 Å². The van der Waals surface area contributed by atoms with Crippen LogP contribution in [-0.2, 0) is 0 Å². The number of hydrogen-bond donors (Lipinski definition) is 0. The van der Waals surface area contributed by atoms with Crippen molar-refractivity contribution in [1.82, 2.24) is 0 Å². The summed E-state index contributed by atoms with van der Waals surface area (Å²) in [6, 6.07) is 6.91. The first-order chi connectivity index (χ1) is 8.04. The molecular formula is C12H14BrNO3. The molecule has 0 bridgehead atoms. The summed E-state index contributed by atoms with van der Waals surface area (Å²) in [4.78, 5) is 22.2. The monoisotopic (exact) mass is 299 g/mol. The number of nitrogens with zero attached hydrogens (tertiary/aromatic N) is 1. The van der Waals surface area contributed by atoms with Gasteiger partial charge in [-0.1, -0.05) is 41.4 Å². The first kappa shape index (κ1) is 13.8. The SMILES string of the molecule is CCCC(C[N+](=O)[O-])C(=O)c1ccc(Br)cc1. The third-order valence-corrected chi connectivity index (χ3v) is 3.03. The molecule has 0 N–H and O–H groups in total. The Morgan fingerprint density at radius 2 is 2.00 bits per heavy atom. The molecule has 0 aromatic heterocycles. The van der Waals surface area contributed by atoms with E-state index in [2.05, 4.69) is 15.9 Å². The lowest BCUT2D eigenvalue weighted by Gasteiger charge is -2.10. The first-order valence-electron chi connectivity index (χ1n) is 5.46. The standard InChI is InChI=1S/C12H14BrNO3/c1-2-3-10(8-14(16)17)12(15)9-4-6-11(13)7-5-9/h4-7,10H,2-3,8H2,1H3. The van der Waals surface area contributed by atoms with Crippen LogP contribution in [0, 0.1) is 16.0 Å². The molecule has 0 aliphatic rings. The van der Waals surface area contributed by atoms with Crippen LogP contribution in [0.15, 0.2) is 28.7 Å². The van der Waals surface area contributed by atoms with E-state index in [1.54, 1.807) is 24.3 Å². The Labute approximate surface area is 108 Å². The van der Waals surface area contributed by atoms with Gasteiger partial charge in [-0.05, 0) is 18.6 Å². The van der Waals surface area contributed by atoms with Crippen molar-refractivity contribution in [3.63, 3.8) is 0 Å². The van der Waals surface area contributed by atoms with Crippen molar-refractivity contribution in [2.24, 2.45) is 5.92 Å². The Hall–Kier alpha value is -1.23. The van der Waals surface area contributed by atoms with Crippen LogP contribution >= 0.6 is 15.9 Å². The highest BCUT2D eigenvalue weighted by molar-refractivity contribution is 9.10. The zero-order valence-corrected chi connectivity index (χ0v) is 11.1. The number of Topliss-reactive ketones (excluding diaryl/α,β-unsaturated/α-hetero) is 1. The summed E-state index contributed by atoms with van der Waals surface area (Å²) in [6.45, 7) is 1.63. The first-order valence-corrected chi connectivity index (χ1v) is 6.25. The van der Waals surface area contributed by atoms with Crippen LogP contribution in [-0.4, -0.2) is 17.3 Å². The van der Waals surface area contributed by atoms with Crippen molar-refractivity contribution in [1.29, 1.82) is 0 Å². The van der Waals surface area contributed by atoms with E-state index in [9.17, 15) is 14.9 Å². The summed E-state index contributed by atoms with van der Waals surface area (Å²) in [5.41, 5.74) is 0.536. The quantitative estimate of drug-likeness (QED) is 0.460. The molecule has 0 radical (unpaired) electrons. The number of carbonyl (C=O) groups excluding carboxylic acids is 1. The molecule has 17 heavy (non-hydrogen) atoms. The molecule has 4 nitrogen and oxygen atoms in total. The van der Waals surface area contributed by atoms with Crippen molar-refractivity contribution >= 4 is 21.7 Å². The second-order valence-electron chi connectivity index (χ2n) is 3.87. The van der Waals surface area contributed by atoms with Gasteiger partial charge in [0.1, 0.15) is 0 Å². The van der Waals surface area contributed by atoms with E-state index < -0.39 is 10.8 Å². The average Bonchev–Trinajstić information content (AvgIpc) is 2.28. The van der Waals surface area contributed by atoms with Crippen LogP contribution in [0.25, 0.3) is 0 Å². The lowest BCUT2D eigenvalue weighted by molar-refractivity contribution is -0.485. The van der Waals surface area contributed by atoms with E-state index in [4.69, 9.17) is 0 Å². The van der Waals surface area contributed by atoms with Gasteiger partial charge in [0.2, 0.25) is 6.54 Å². The molecule has 0 fully saturated rings. The Morgan fingerprint density at radius 3 is 2.47 bits per heavy atom. The van der Waals surface area contributed by atoms with Crippen LogP contribution in [0.3, 0.4) is 0 Å². The molecule has 0 heterocycles. The van der Waals surface area contributed by atoms with Crippen LogP contribution < -0.4 is 0 Å². The molecule has 1 aromatic rings. The van der Waals surface area contributed by atoms with Crippen molar-refractivity contribution in [2.75, 3.05) is 6.54 Å². The number of halogens is 1. The van der Waals surface area contributed by atoms with Crippen LogP contribution in [0.5, 0.6) is 0 Å². The highest BCUT2D eigenvalue weighted by Gasteiger charge is 2.24. The number of ketones is 1. The summed E-state index contributed by atoms with van der Waals surface area (Å²) in [5, 5.41) is 10.5. The van der Waals surface area contributed by atoms with E-state index >= 15 is 0 Å². The Balaban J connectivity index is 2.83. The fourth-order valence-corrected chi connectivity index (χ4v) is 1.95. The molecule has 1 unspecified atom stereocenters. The fraction of sp³-hybridized carbons (Fsp3) is 0.417. The number of hydrogen-bond acceptors (Lipinski definition) is 3. The lowest BCUT2D eigenvalue weighted by Crippen LogP contribution is -2.23. The maximum Gasteiger partial charge on any atom is 0.213 e. The van der Waals surface area contributed by atoms with Gasteiger partial charge in [0.25, 0.3) is 0 Å². The van der Waals surface area contributed by atoms with Gasteiger partial charge in [-0.2, -0.15) is 0 Å². The lowest BCUT2D eigenvalue weighted by atomic mass is 9.94. The molecule has 0 saturated carbocycles. The summed E-state index contributed by atoms with van der Waals surface area (Å²) in [7, 11) is 0. The normalized spacial score (nSPS) is 12.1. The number of carbonyl (C=O) groups is 1. The Kier molecular flexibility index (Phi) is 5.28. The van der Waals surface area contributed by atoms with Crippen LogP contribution in [0.1, 0.15) is 30.1 Å². The zero-order chi connectivity index (χ0) is 12.8. The van der Waals surface area contributed by atoms with Crippen molar-refractivity contribution in [2.45, 2.75) is 19.8 Å². The summed E-state index contributed by atoms with van der Waals surface area (Å²) < 4.78 is 0.885. The fourth-order valence-electron chi connectivity index (χ4n) is 1.68. The van der Waals surface area contributed by atoms with Crippen molar-refractivity contribution < 1.29 is 9.72 Å². The van der Waals surface area contributed by atoms with E-state index in [1.807, 2.05) is 6.92 Å². The largest absolute Gasteiger partial charge is 0.294 e. The molecule has 92 valence electrons. The molecule has 5 heteroatoms. The topological polar surface area (TPSA) is 60.2 Å². The Morgan fingerprint density at radius 1 is 1.41 bits per heavy atom. The minimum Gasteiger partial charge on any atom is -0.294 e. The maximum absolute atomic E-state index is 12.1. The number of rotatable bonds is 6. The molecule has 0 amide bonds. The molecule has 0 aliphatic carbocycles. The van der Waals surface area contributed by atoms with Crippen molar-refractivity contribution in [3.05, 3.63) is 44.4 Å². The summed E-state index contributed by atoms with van der Waals surface area (Å²) in [5.74, 6) is -0.660. The molecule has 1 atom stereocenters. The Bertz CT molecular complexity index is 403. The zero-order valence-electron chi connectivity index (χ0n) is 9.56. The molecular weight excluding hydrogens is 286 g/mol. The number of benzene rings is 1. The van der Waals surface area contributed by atoms with E-state index in [0.29, 0.717) is 12.0 Å². The predicted octanol–water partition coefficient (Wildman–Crippen LogP) is 3.32. The van der Waals surface area contributed by atoms with Gasteiger partial charge in [-0.25, -0.2) is 0 Å². The molecule has 0 aliphatic heterocycles. The maximum atomic E-state index is 12.1. The molecule has 0 spiro atoms. The number of nitro groups is 1.